The van der Waals surface area contributed by atoms with Gasteiger partial charge in [-0.25, -0.2) is 4.39 Å². The number of hydrogen-bond acceptors (Lipinski definition) is 1. The number of halogens is 3. The molecule has 0 aliphatic heterocycles. The smallest absolute Gasteiger partial charge is 0.252 e. The Kier molecular flexibility index (Phi) is 4.35. The second kappa shape index (κ2) is 5.32. The van der Waals surface area contributed by atoms with E-state index < -0.39 is 6.67 Å². The summed E-state index contributed by atoms with van der Waals surface area (Å²) in [6.45, 7) is -0.568. The topological polar surface area (TPSA) is 29.1 Å². The van der Waals surface area contributed by atoms with Crippen molar-refractivity contribution in [1.29, 1.82) is 0 Å². The van der Waals surface area contributed by atoms with E-state index in [9.17, 15) is 9.18 Å². The van der Waals surface area contributed by atoms with Gasteiger partial charge in [0.05, 0.1) is 5.56 Å². The predicted octanol–water partition coefficient (Wildman–Crippen LogP) is 2.80. The van der Waals surface area contributed by atoms with E-state index in [4.69, 9.17) is 11.6 Å². The molecule has 0 aromatic heterocycles. The molecular formula is C9H8BrClFNO. The van der Waals surface area contributed by atoms with Crippen molar-refractivity contribution in [3.05, 3.63) is 33.3 Å². The van der Waals surface area contributed by atoms with E-state index in [0.717, 1.165) is 0 Å². The number of amides is 1. The van der Waals surface area contributed by atoms with E-state index in [-0.39, 0.29) is 12.5 Å². The fourth-order valence-electron chi connectivity index (χ4n) is 0.928. The molecule has 2 nitrogen and oxygen atoms in total. The molecule has 0 spiro atoms. The first-order valence-corrected chi connectivity index (χ1v) is 5.11. The Balaban J connectivity index is 2.83. The molecule has 0 aliphatic rings. The molecule has 1 aromatic rings. The standard InChI is InChI=1S/C9H8BrClFNO/c10-8-2-1-6(11)5-7(8)9(14)13-4-3-12/h1-2,5H,3-4H2,(H,13,14). The van der Waals surface area contributed by atoms with Gasteiger partial charge in [0.15, 0.2) is 0 Å². The molecular weight excluding hydrogens is 272 g/mol. The second-order valence-corrected chi connectivity index (χ2v) is 3.86. The van der Waals surface area contributed by atoms with Gasteiger partial charge in [-0.15, -0.1) is 0 Å². The van der Waals surface area contributed by atoms with Gasteiger partial charge in [0.2, 0.25) is 0 Å². The predicted molar refractivity (Wildman–Crippen MR) is 57.5 cm³/mol. The molecule has 0 aliphatic carbocycles. The van der Waals surface area contributed by atoms with Crippen LogP contribution in [0.1, 0.15) is 10.4 Å². The quantitative estimate of drug-likeness (QED) is 0.906. The molecule has 0 saturated heterocycles. The SMILES string of the molecule is O=C(NCCF)c1cc(Cl)ccc1Br. The Hall–Kier alpha value is -0.610. The Bertz CT molecular complexity index is 346. The van der Waals surface area contributed by atoms with Gasteiger partial charge in [-0.1, -0.05) is 11.6 Å². The minimum atomic E-state index is -0.579. The third-order valence-corrected chi connectivity index (χ3v) is 2.48. The molecule has 14 heavy (non-hydrogen) atoms. The largest absolute Gasteiger partial charge is 0.349 e. The van der Waals surface area contributed by atoms with Crippen LogP contribution in [0.15, 0.2) is 22.7 Å². The molecule has 0 saturated carbocycles. The Morgan fingerprint density at radius 3 is 2.93 bits per heavy atom. The first kappa shape index (κ1) is 11.5. The fraction of sp³-hybridized carbons (Fsp3) is 0.222. The van der Waals surface area contributed by atoms with Crippen LogP contribution in [0.5, 0.6) is 0 Å². The highest BCUT2D eigenvalue weighted by atomic mass is 79.9. The molecule has 0 radical (unpaired) electrons. The molecule has 76 valence electrons. The number of benzene rings is 1. The maximum atomic E-state index is 11.8. The highest BCUT2D eigenvalue weighted by molar-refractivity contribution is 9.10. The lowest BCUT2D eigenvalue weighted by Gasteiger charge is -2.05. The summed E-state index contributed by atoms with van der Waals surface area (Å²) in [7, 11) is 0. The van der Waals surface area contributed by atoms with E-state index in [1.165, 1.54) is 6.07 Å². The number of rotatable bonds is 3. The highest BCUT2D eigenvalue weighted by Crippen LogP contribution is 2.20. The van der Waals surface area contributed by atoms with E-state index >= 15 is 0 Å². The summed E-state index contributed by atoms with van der Waals surface area (Å²) < 4.78 is 12.4. The number of hydrogen-bond donors (Lipinski definition) is 1. The van der Waals surface area contributed by atoms with Crippen molar-refractivity contribution in [3.8, 4) is 0 Å². The van der Waals surface area contributed by atoms with Gasteiger partial charge in [0.25, 0.3) is 5.91 Å². The van der Waals surface area contributed by atoms with Gasteiger partial charge in [-0.2, -0.15) is 0 Å². The first-order valence-electron chi connectivity index (χ1n) is 3.94. The second-order valence-electron chi connectivity index (χ2n) is 2.57. The van der Waals surface area contributed by atoms with E-state index in [2.05, 4.69) is 21.2 Å². The average molecular weight is 281 g/mol. The zero-order valence-electron chi connectivity index (χ0n) is 7.19. The lowest BCUT2D eigenvalue weighted by Crippen LogP contribution is -2.25. The molecule has 0 bridgehead atoms. The van der Waals surface area contributed by atoms with Crippen LogP contribution in [0.2, 0.25) is 5.02 Å². The van der Waals surface area contributed by atoms with E-state index in [1.54, 1.807) is 12.1 Å². The van der Waals surface area contributed by atoms with Gasteiger partial charge >= 0.3 is 0 Å². The summed E-state index contributed by atoms with van der Waals surface area (Å²) in [5.74, 6) is -0.336. The number of carbonyl (C=O) groups excluding carboxylic acids is 1. The zero-order valence-corrected chi connectivity index (χ0v) is 9.53. The molecule has 0 fully saturated rings. The third-order valence-electron chi connectivity index (χ3n) is 1.55. The summed E-state index contributed by atoms with van der Waals surface area (Å²) in [5.41, 5.74) is 0.408. The Labute approximate surface area is 94.6 Å². The fourth-order valence-corrected chi connectivity index (χ4v) is 1.53. The number of alkyl halides is 1. The monoisotopic (exact) mass is 279 g/mol. The minimum Gasteiger partial charge on any atom is -0.349 e. The van der Waals surface area contributed by atoms with E-state index in [0.29, 0.717) is 15.1 Å². The van der Waals surface area contributed by atoms with Crippen molar-refractivity contribution in [2.75, 3.05) is 13.2 Å². The van der Waals surface area contributed by atoms with E-state index in [1.807, 2.05) is 0 Å². The summed E-state index contributed by atoms with van der Waals surface area (Å²) in [6, 6.07) is 4.86. The molecule has 0 unspecified atom stereocenters. The van der Waals surface area contributed by atoms with Crippen molar-refractivity contribution in [1.82, 2.24) is 5.32 Å². The molecule has 0 atom stereocenters. The van der Waals surface area contributed by atoms with Crippen LogP contribution in [0.4, 0.5) is 4.39 Å². The lowest BCUT2D eigenvalue weighted by atomic mass is 10.2. The van der Waals surface area contributed by atoms with Crippen LogP contribution < -0.4 is 5.32 Å². The van der Waals surface area contributed by atoms with Crippen LogP contribution in [0.25, 0.3) is 0 Å². The van der Waals surface area contributed by atoms with Crippen molar-refractivity contribution < 1.29 is 9.18 Å². The third kappa shape index (κ3) is 2.96. The van der Waals surface area contributed by atoms with Crippen LogP contribution in [-0.4, -0.2) is 19.1 Å². The van der Waals surface area contributed by atoms with Gasteiger partial charge in [0, 0.05) is 16.0 Å². The average Bonchev–Trinajstić information content (AvgIpc) is 2.18. The van der Waals surface area contributed by atoms with Crippen LogP contribution in [-0.2, 0) is 0 Å². The lowest BCUT2D eigenvalue weighted by molar-refractivity contribution is 0.0950. The molecule has 1 amide bonds. The Morgan fingerprint density at radius 2 is 2.29 bits per heavy atom. The maximum absolute atomic E-state index is 11.8. The van der Waals surface area contributed by atoms with Crippen molar-refractivity contribution in [3.63, 3.8) is 0 Å². The van der Waals surface area contributed by atoms with Crippen LogP contribution in [0.3, 0.4) is 0 Å². The molecule has 1 N–H and O–H groups in total. The molecule has 0 heterocycles. The zero-order chi connectivity index (χ0) is 10.6. The van der Waals surface area contributed by atoms with Crippen molar-refractivity contribution in [2.24, 2.45) is 0 Å². The minimum absolute atomic E-state index is 0.0117. The van der Waals surface area contributed by atoms with Gasteiger partial charge in [-0.05, 0) is 34.1 Å². The van der Waals surface area contributed by atoms with Crippen LogP contribution >= 0.6 is 27.5 Å². The molecule has 1 aromatic carbocycles. The molecule has 5 heteroatoms. The van der Waals surface area contributed by atoms with Crippen molar-refractivity contribution >= 4 is 33.4 Å². The Morgan fingerprint density at radius 1 is 1.57 bits per heavy atom. The van der Waals surface area contributed by atoms with Gasteiger partial charge in [-0.3, -0.25) is 4.79 Å². The van der Waals surface area contributed by atoms with Crippen LogP contribution in [0, 0.1) is 0 Å². The van der Waals surface area contributed by atoms with Crippen molar-refractivity contribution in [2.45, 2.75) is 0 Å². The summed E-state index contributed by atoms with van der Waals surface area (Å²) in [4.78, 5) is 11.4. The van der Waals surface area contributed by atoms with Gasteiger partial charge in [0.1, 0.15) is 6.67 Å². The normalized spacial score (nSPS) is 9.93. The van der Waals surface area contributed by atoms with Gasteiger partial charge < -0.3 is 5.32 Å². The maximum Gasteiger partial charge on any atom is 0.252 e. The first-order chi connectivity index (χ1) is 6.65. The summed E-state index contributed by atoms with van der Waals surface area (Å²) in [6.07, 6.45) is 0. The highest BCUT2D eigenvalue weighted by Gasteiger charge is 2.09. The summed E-state index contributed by atoms with van der Waals surface area (Å²) >= 11 is 8.93. The number of nitrogens with one attached hydrogen (secondary N) is 1. The number of carbonyl (C=O) groups is 1. The molecule has 1 rings (SSSR count). The summed E-state index contributed by atoms with van der Waals surface area (Å²) in [5, 5.41) is 2.89.